The fourth-order valence-corrected chi connectivity index (χ4v) is 1.76. The number of hydrogen-bond donors (Lipinski definition) is 3. The van der Waals surface area contributed by atoms with E-state index in [0.29, 0.717) is 24.9 Å². The Balaban J connectivity index is 4.70. The number of carbonyl (C=O) groups excluding carboxylic acids is 1. The first-order chi connectivity index (χ1) is 9.65. The highest BCUT2D eigenvalue weighted by Gasteiger charge is 2.27. The van der Waals surface area contributed by atoms with Gasteiger partial charge in [0, 0.05) is 13.1 Å². The molecule has 0 aliphatic heterocycles. The van der Waals surface area contributed by atoms with Crippen LogP contribution in [0.15, 0.2) is 0 Å². The molecule has 0 aliphatic rings. The van der Waals surface area contributed by atoms with Crippen LogP contribution in [0.2, 0.25) is 0 Å². The second-order valence-electron chi connectivity index (χ2n) is 6.36. The third kappa shape index (κ3) is 8.55. The minimum absolute atomic E-state index is 0.426. The van der Waals surface area contributed by atoms with Gasteiger partial charge in [-0.3, -0.25) is 0 Å². The van der Waals surface area contributed by atoms with E-state index in [1.54, 1.807) is 4.90 Å². The van der Waals surface area contributed by atoms with E-state index < -0.39 is 24.1 Å². The van der Waals surface area contributed by atoms with E-state index in [4.69, 9.17) is 5.11 Å². The third-order valence-corrected chi connectivity index (χ3v) is 3.27. The van der Waals surface area contributed by atoms with Gasteiger partial charge in [0.05, 0.1) is 6.10 Å². The van der Waals surface area contributed by atoms with Gasteiger partial charge in [0.2, 0.25) is 0 Å². The van der Waals surface area contributed by atoms with Gasteiger partial charge in [-0.1, -0.05) is 27.7 Å². The number of aliphatic hydroxyl groups is 1. The van der Waals surface area contributed by atoms with Crippen molar-refractivity contribution in [3.63, 3.8) is 0 Å². The fraction of sp³-hybridized carbons (Fsp3) is 0.867. The molecule has 0 aromatic carbocycles. The Morgan fingerprint density at radius 1 is 1.00 bits per heavy atom. The smallest absolute Gasteiger partial charge is 0.328 e. The van der Waals surface area contributed by atoms with Crippen molar-refractivity contribution in [2.24, 2.45) is 11.8 Å². The molecular formula is C15H30N2O4. The van der Waals surface area contributed by atoms with Crippen molar-refractivity contribution in [1.29, 1.82) is 0 Å². The number of carboxylic acid groups (broad SMARTS) is 1. The number of aliphatic hydroxyl groups excluding tert-OH is 1. The van der Waals surface area contributed by atoms with E-state index in [1.165, 1.54) is 6.92 Å². The molecule has 0 spiro atoms. The molecule has 0 bridgehead atoms. The first kappa shape index (κ1) is 19.7. The van der Waals surface area contributed by atoms with Gasteiger partial charge >= 0.3 is 12.0 Å². The summed E-state index contributed by atoms with van der Waals surface area (Å²) in [6, 6.07) is -1.71. The van der Waals surface area contributed by atoms with Crippen molar-refractivity contribution in [3.8, 4) is 0 Å². The van der Waals surface area contributed by atoms with Crippen molar-refractivity contribution in [2.75, 3.05) is 13.1 Å². The lowest BCUT2D eigenvalue weighted by Crippen LogP contribution is -2.52. The molecule has 0 saturated carbocycles. The van der Waals surface area contributed by atoms with E-state index >= 15 is 0 Å². The van der Waals surface area contributed by atoms with Crippen LogP contribution in [0.1, 0.15) is 47.5 Å². The van der Waals surface area contributed by atoms with Crippen molar-refractivity contribution >= 4 is 12.0 Å². The summed E-state index contributed by atoms with van der Waals surface area (Å²) in [6.07, 6.45) is 0.582. The molecule has 0 rings (SSSR count). The van der Waals surface area contributed by atoms with E-state index in [2.05, 4.69) is 33.0 Å². The van der Waals surface area contributed by atoms with Gasteiger partial charge in [0.25, 0.3) is 0 Å². The maximum atomic E-state index is 12.2. The normalized spacial score (nSPS) is 14.1. The molecule has 6 nitrogen and oxygen atoms in total. The zero-order chi connectivity index (χ0) is 16.6. The van der Waals surface area contributed by atoms with E-state index in [-0.39, 0.29) is 0 Å². The second-order valence-corrected chi connectivity index (χ2v) is 6.36. The van der Waals surface area contributed by atoms with Crippen LogP contribution in [0.4, 0.5) is 4.79 Å². The number of rotatable bonds is 9. The summed E-state index contributed by atoms with van der Waals surface area (Å²) in [7, 11) is 0. The molecule has 0 saturated heterocycles. The van der Waals surface area contributed by atoms with E-state index in [1.807, 2.05) is 0 Å². The average molecular weight is 302 g/mol. The van der Waals surface area contributed by atoms with Gasteiger partial charge in [-0.25, -0.2) is 9.59 Å². The summed E-state index contributed by atoms with van der Waals surface area (Å²) in [5, 5.41) is 20.9. The Kier molecular flexibility index (Phi) is 9.01. The predicted octanol–water partition coefficient (Wildman–Crippen LogP) is 1.92. The van der Waals surface area contributed by atoms with Crippen LogP contribution in [-0.2, 0) is 4.79 Å². The number of aliphatic carboxylic acids is 1. The molecule has 0 unspecified atom stereocenters. The minimum Gasteiger partial charge on any atom is -0.480 e. The van der Waals surface area contributed by atoms with E-state index in [9.17, 15) is 14.7 Å². The number of carbonyl (C=O) groups is 2. The van der Waals surface area contributed by atoms with Crippen molar-refractivity contribution in [1.82, 2.24) is 10.2 Å². The molecule has 3 N–H and O–H groups in total. The van der Waals surface area contributed by atoms with Crippen LogP contribution in [0.5, 0.6) is 0 Å². The Morgan fingerprint density at radius 2 is 1.43 bits per heavy atom. The Bertz CT molecular complexity index is 318. The van der Waals surface area contributed by atoms with Crippen LogP contribution in [0.25, 0.3) is 0 Å². The fourth-order valence-electron chi connectivity index (χ4n) is 1.76. The first-order valence-corrected chi connectivity index (χ1v) is 7.61. The highest BCUT2D eigenvalue weighted by Crippen LogP contribution is 2.07. The molecule has 21 heavy (non-hydrogen) atoms. The SMILES string of the molecule is CC(C)CCN(CCC(C)C)C(=O)N[C@H](C(=O)O)[C@@H](C)O. The highest BCUT2D eigenvalue weighted by molar-refractivity contribution is 5.83. The number of nitrogens with one attached hydrogen (secondary N) is 1. The standard InChI is InChI=1S/C15H30N2O4/c1-10(2)6-8-17(9-7-11(3)4)15(21)16-13(12(5)18)14(19)20/h10-13,18H,6-9H2,1-5H3,(H,16,21)(H,19,20)/t12-,13+/m1/s1. The van der Waals surface area contributed by atoms with Gasteiger partial charge in [0.15, 0.2) is 6.04 Å². The minimum atomic E-state index is -1.28. The topological polar surface area (TPSA) is 89.9 Å². The molecule has 0 radical (unpaired) electrons. The Labute approximate surface area is 127 Å². The quantitative estimate of drug-likeness (QED) is 0.607. The zero-order valence-electron chi connectivity index (χ0n) is 13.8. The number of urea groups is 1. The van der Waals surface area contributed by atoms with Crippen LogP contribution in [0.3, 0.4) is 0 Å². The summed E-state index contributed by atoms with van der Waals surface area (Å²) >= 11 is 0. The lowest BCUT2D eigenvalue weighted by Gasteiger charge is -2.27. The Hall–Kier alpha value is -1.30. The molecule has 2 atom stereocenters. The molecule has 0 heterocycles. The van der Waals surface area contributed by atoms with Crippen LogP contribution in [-0.4, -0.2) is 52.3 Å². The van der Waals surface area contributed by atoms with Gasteiger partial charge in [-0.2, -0.15) is 0 Å². The van der Waals surface area contributed by atoms with Crippen LogP contribution < -0.4 is 5.32 Å². The monoisotopic (exact) mass is 302 g/mol. The highest BCUT2D eigenvalue weighted by atomic mass is 16.4. The van der Waals surface area contributed by atoms with Crippen molar-refractivity contribution in [2.45, 2.75) is 59.6 Å². The molecule has 6 heteroatoms. The largest absolute Gasteiger partial charge is 0.480 e. The lowest BCUT2D eigenvalue weighted by molar-refractivity contribution is -0.141. The maximum absolute atomic E-state index is 12.2. The van der Waals surface area contributed by atoms with Crippen molar-refractivity contribution < 1.29 is 19.8 Å². The first-order valence-electron chi connectivity index (χ1n) is 7.61. The predicted molar refractivity (Wildman–Crippen MR) is 82.1 cm³/mol. The summed E-state index contributed by atoms with van der Waals surface area (Å²) in [5.41, 5.74) is 0. The number of carboxylic acids is 1. The molecule has 0 aromatic rings. The Morgan fingerprint density at radius 3 is 1.71 bits per heavy atom. The summed E-state index contributed by atoms with van der Waals surface area (Å²) in [6.45, 7) is 10.8. The van der Waals surface area contributed by atoms with Gasteiger partial charge in [-0.05, 0) is 31.6 Å². The van der Waals surface area contributed by atoms with Crippen molar-refractivity contribution in [3.05, 3.63) is 0 Å². The number of amides is 2. The van der Waals surface area contributed by atoms with Gasteiger partial charge in [0.1, 0.15) is 0 Å². The summed E-state index contributed by atoms with van der Waals surface area (Å²) in [4.78, 5) is 24.9. The van der Waals surface area contributed by atoms with E-state index in [0.717, 1.165) is 12.8 Å². The van der Waals surface area contributed by atoms with Gasteiger partial charge < -0.3 is 20.4 Å². The molecule has 2 amide bonds. The molecule has 0 fully saturated rings. The molecule has 124 valence electrons. The molecule has 0 aromatic heterocycles. The second kappa shape index (κ2) is 9.60. The number of nitrogens with zero attached hydrogens (tertiary/aromatic N) is 1. The lowest BCUT2D eigenvalue weighted by atomic mass is 10.1. The summed E-state index contributed by atoms with van der Waals surface area (Å²) < 4.78 is 0. The van der Waals surface area contributed by atoms with Crippen LogP contribution >= 0.6 is 0 Å². The third-order valence-electron chi connectivity index (χ3n) is 3.27. The number of hydrogen-bond acceptors (Lipinski definition) is 3. The zero-order valence-corrected chi connectivity index (χ0v) is 13.8. The maximum Gasteiger partial charge on any atom is 0.328 e. The molecule has 0 aliphatic carbocycles. The summed E-state index contributed by atoms with van der Waals surface area (Å²) in [5.74, 6) is -0.302. The van der Waals surface area contributed by atoms with Crippen LogP contribution in [0, 0.1) is 11.8 Å². The molecular weight excluding hydrogens is 272 g/mol. The average Bonchev–Trinajstić information content (AvgIpc) is 2.34. The van der Waals surface area contributed by atoms with Gasteiger partial charge in [-0.15, -0.1) is 0 Å².